The maximum atomic E-state index is 13.2. The molecule has 0 bridgehead atoms. The summed E-state index contributed by atoms with van der Waals surface area (Å²) >= 11 is 5.13. The molecule has 3 heterocycles. The predicted molar refractivity (Wildman–Crippen MR) is 135 cm³/mol. The number of rotatable bonds is 5. The number of halogens is 3. The second kappa shape index (κ2) is 9.80. The van der Waals surface area contributed by atoms with Gasteiger partial charge >= 0.3 is 6.18 Å². The van der Waals surface area contributed by atoms with Crippen molar-refractivity contribution in [2.45, 2.75) is 18.6 Å². The zero-order chi connectivity index (χ0) is 27.2. The lowest BCUT2D eigenvalue weighted by Crippen LogP contribution is -2.34. The smallest absolute Gasteiger partial charge is 0.416 e. The Morgan fingerprint density at radius 3 is 2.84 bits per heavy atom. The topological polar surface area (TPSA) is 101 Å². The van der Waals surface area contributed by atoms with E-state index < -0.39 is 23.2 Å². The Labute approximate surface area is 219 Å². The molecule has 1 aromatic heterocycles. The molecule has 0 spiro atoms. The van der Waals surface area contributed by atoms with Crippen LogP contribution in [0.5, 0.6) is 23.1 Å². The Hall–Kier alpha value is -3.84. The van der Waals surface area contributed by atoms with Gasteiger partial charge in [-0.2, -0.15) is 13.2 Å². The number of aromatic amines is 1. The van der Waals surface area contributed by atoms with E-state index in [0.717, 1.165) is 40.8 Å². The first-order valence-corrected chi connectivity index (χ1v) is 12.0. The fraction of sp³-hybridized carbons (Fsp3) is 0.320. The minimum absolute atomic E-state index is 0.0602. The molecule has 0 radical (unpaired) electrons. The van der Waals surface area contributed by atoms with Crippen LogP contribution in [0, 0.1) is 4.77 Å². The summed E-state index contributed by atoms with van der Waals surface area (Å²) in [6.45, 7) is 1.03. The van der Waals surface area contributed by atoms with Crippen molar-refractivity contribution >= 4 is 18.4 Å². The Kier molecular flexibility index (Phi) is 6.65. The quantitative estimate of drug-likeness (QED) is 0.367. The highest BCUT2D eigenvalue weighted by molar-refractivity contribution is 7.71. The van der Waals surface area contributed by atoms with E-state index in [2.05, 4.69) is 14.9 Å². The molecule has 2 N–H and O–H groups in total. The second-order valence-electron chi connectivity index (χ2n) is 8.84. The number of likely N-dealkylation sites (N-methyl/N-ethyl adjacent to an activating group) is 1. The van der Waals surface area contributed by atoms with Crippen LogP contribution in [0.15, 0.2) is 40.1 Å². The van der Waals surface area contributed by atoms with Crippen molar-refractivity contribution in [3.05, 3.63) is 67.7 Å². The summed E-state index contributed by atoms with van der Waals surface area (Å²) < 4.78 is 57.2. The number of benzene rings is 2. The number of nitrogens with one attached hydrogen (secondary N) is 1. The number of fused-ring (bicyclic) bond motifs is 2. The maximum Gasteiger partial charge on any atom is 0.416 e. The molecule has 38 heavy (non-hydrogen) atoms. The molecule has 0 aliphatic carbocycles. The van der Waals surface area contributed by atoms with E-state index in [0.29, 0.717) is 17.2 Å². The van der Waals surface area contributed by atoms with E-state index in [4.69, 9.17) is 26.4 Å². The highest BCUT2D eigenvalue weighted by Gasteiger charge is 2.34. The summed E-state index contributed by atoms with van der Waals surface area (Å²) in [5.41, 5.74) is -0.0321. The minimum atomic E-state index is -4.60. The summed E-state index contributed by atoms with van der Waals surface area (Å²) in [7, 11) is 3.48. The normalized spacial score (nSPS) is 17.1. The van der Waals surface area contributed by atoms with Gasteiger partial charge in [0.05, 0.1) is 30.9 Å². The number of hydrogen-bond donors (Lipinski definition) is 2. The van der Waals surface area contributed by atoms with Crippen molar-refractivity contribution in [2.24, 2.45) is 4.99 Å². The molecule has 5 rings (SSSR count). The molecule has 0 amide bonds. The van der Waals surface area contributed by atoms with Crippen molar-refractivity contribution in [1.29, 1.82) is 0 Å². The Morgan fingerprint density at radius 2 is 2.11 bits per heavy atom. The van der Waals surface area contributed by atoms with E-state index in [9.17, 15) is 23.1 Å². The number of aliphatic imine (C=N–C) groups is 1. The Balaban J connectivity index is 1.50. The molecule has 1 unspecified atom stereocenters. The summed E-state index contributed by atoms with van der Waals surface area (Å²) in [6.07, 6.45) is -2.65. The highest BCUT2D eigenvalue weighted by atomic mass is 32.1. The average molecular weight is 549 g/mol. The van der Waals surface area contributed by atoms with Crippen LogP contribution in [0.1, 0.15) is 28.3 Å². The number of aromatic hydroxyl groups is 1. The number of nitrogens with zero attached hydrogens (tertiary/aromatic N) is 3. The number of H-pyrrole nitrogens is 1. The summed E-state index contributed by atoms with van der Waals surface area (Å²) in [5, 5.41) is 10.9. The highest BCUT2D eigenvalue weighted by Crippen LogP contribution is 2.49. The molecule has 1 atom stereocenters. The van der Waals surface area contributed by atoms with Crippen LogP contribution in [-0.4, -0.2) is 59.8 Å². The molecular formula is C25H23F3N4O5S. The Bertz CT molecular complexity index is 1550. The van der Waals surface area contributed by atoms with Crippen molar-refractivity contribution in [3.63, 3.8) is 0 Å². The van der Waals surface area contributed by atoms with E-state index in [1.54, 1.807) is 7.11 Å². The molecule has 0 saturated heterocycles. The molecule has 200 valence electrons. The molecule has 13 heteroatoms. The number of alkyl halides is 3. The van der Waals surface area contributed by atoms with Crippen LogP contribution in [0.4, 0.5) is 13.2 Å². The van der Waals surface area contributed by atoms with Gasteiger partial charge in [0.25, 0.3) is 5.56 Å². The second-order valence-corrected chi connectivity index (χ2v) is 9.22. The summed E-state index contributed by atoms with van der Waals surface area (Å²) in [6, 6.07) is 5.95. The number of hydrogen-bond acceptors (Lipinski definition) is 8. The van der Waals surface area contributed by atoms with Crippen LogP contribution >= 0.6 is 12.2 Å². The minimum Gasteiger partial charge on any atom is -0.494 e. The van der Waals surface area contributed by atoms with Crippen molar-refractivity contribution in [3.8, 4) is 28.8 Å². The predicted octanol–water partition coefficient (Wildman–Crippen LogP) is 4.00. The third-order valence-electron chi connectivity index (χ3n) is 6.60. The first kappa shape index (κ1) is 25.8. The van der Waals surface area contributed by atoms with Crippen molar-refractivity contribution in [1.82, 2.24) is 14.5 Å². The standard InChI is InChI=1S/C25H23F3N4O5S/c1-31-7-6-13-8-18-20(37-12-36-18)21(35-2)19(13)17(31)11-29-10-16-22(33)30-24(38)32(23(16)34)15-5-3-4-14(9-15)25(26,27)28/h3-5,8-10,17,34H,6-7,11-12H2,1-2H3,(H,30,33,38). The van der Waals surface area contributed by atoms with Gasteiger partial charge in [0.15, 0.2) is 16.3 Å². The Morgan fingerprint density at radius 1 is 1.32 bits per heavy atom. The number of aromatic nitrogens is 2. The van der Waals surface area contributed by atoms with Crippen LogP contribution in [0.2, 0.25) is 0 Å². The molecule has 9 nitrogen and oxygen atoms in total. The van der Waals surface area contributed by atoms with Gasteiger partial charge in [0.2, 0.25) is 18.4 Å². The molecule has 0 fully saturated rings. The zero-order valence-electron chi connectivity index (χ0n) is 20.3. The first-order chi connectivity index (χ1) is 18.1. The van der Waals surface area contributed by atoms with Gasteiger partial charge in [-0.1, -0.05) is 6.07 Å². The van der Waals surface area contributed by atoms with E-state index in [1.807, 2.05) is 13.1 Å². The molecule has 2 aliphatic heterocycles. The zero-order valence-corrected chi connectivity index (χ0v) is 21.2. The van der Waals surface area contributed by atoms with Crippen LogP contribution < -0.4 is 19.8 Å². The summed E-state index contributed by atoms with van der Waals surface area (Å²) in [5.74, 6) is 1.07. The number of ether oxygens (including phenoxy) is 3. The third kappa shape index (κ3) is 4.52. The molecule has 3 aromatic rings. The fourth-order valence-corrected chi connectivity index (χ4v) is 5.00. The van der Waals surface area contributed by atoms with Crippen molar-refractivity contribution < 1.29 is 32.5 Å². The number of methoxy groups -OCH3 is 1. The lowest BCUT2D eigenvalue weighted by molar-refractivity contribution is -0.137. The van der Waals surface area contributed by atoms with E-state index in [1.165, 1.54) is 18.3 Å². The average Bonchev–Trinajstić information content (AvgIpc) is 3.33. The molecule has 2 aliphatic rings. The summed E-state index contributed by atoms with van der Waals surface area (Å²) in [4.78, 5) is 21.5. The largest absolute Gasteiger partial charge is 0.494 e. The fourth-order valence-electron chi connectivity index (χ4n) is 4.72. The van der Waals surface area contributed by atoms with Crippen LogP contribution in [-0.2, 0) is 12.6 Å². The van der Waals surface area contributed by atoms with Crippen LogP contribution in [0.25, 0.3) is 5.69 Å². The van der Waals surface area contributed by atoms with Gasteiger partial charge in [-0.05, 0) is 55.5 Å². The lowest BCUT2D eigenvalue weighted by Gasteiger charge is -2.35. The molecule has 2 aromatic carbocycles. The van der Waals surface area contributed by atoms with E-state index in [-0.39, 0.29) is 35.4 Å². The van der Waals surface area contributed by atoms with E-state index >= 15 is 0 Å². The van der Waals surface area contributed by atoms with Gasteiger partial charge < -0.3 is 19.3 Å². The maximum absolute atomic E-state index is 13.2. The van der Waals surface area contributed by atoms with Gasteiger partial charge in [-0.25, -0.2) is 0 Å². The van der Waals surface area contributed by atoms with Gasteiger partial charge in [0.1, 0.15) is 5.56 Å². The molecule has 0 saturated carbocycles. The monoisotopic (exact) mass is 548 g/mol. The molecular weight excluding hydrogens is 525 g/mol. The van der Waals surface area contributed by atoms with Gasteiger partial charge in [-0.3, -0.25) is 24.2 Å². The van der Waals surface area contributed by atoms with Crippen molar-refractivity contribution in [2.75, 3.05) is 34.0 Å². The SMILES string of the molecule is COc1c2c(cc3c1C(CN=Cc1c(O)n(-c4cccc(C(F)(F)F)c4)c(=S)[nH]c1=O)N(C)CC3)OCO2. The van der Waals surface area contributed by atoms with Gasteiger partial charge in [0, 0.05) is 18.3 Å². The third-order valence-corrected chi connectivity index (χ3v) is 6.88. The van der Waals surface area contributed by atoms with Gasteiger partial charge in [-0.15, -0.1) is 0 Å². The van der Waals surface area contributed by atoms with Crippen LogP contribution in [0.3, 0.4) is 0 Å². The lowest BCUT2D eigenvalue weighted by atomic mass is 9.91. The first-order valence-electron chi connectivity index (χ1n) is 11.6.